The third kappa shape index (κ3) is 3.92. The van der Waals surface area contributed by atoms with Gasteiger partial charge in [-0.25, -0.2) is 9.59 Å². The zero-order chi connectivity index (χ0) is 18.7. The molecule has 4 atom stereocenters. The van der Waals surface area contributed by atoms with E-state index in [9.17, 15) is 9.59 Å². The minimum absolute atomic E-state index is 0.0256. The number of cyclic esters (lactones) is 2. The predicted octanol–water partition coefficient (Wildman–Crippen LogP) is 1.10. The van der Waals surface area contributed by atoms with Crippen LogP contribution in [-0.2, 0) is 38.0 Å². The van der Waals surface area contributed by atoms with Crippen molar-refractivity contribution in [3.05, 3.63) is 24.3 Å². The molecule has 0 N–H and O–H groups in total. The molecule has 2 aliphatic rings. The summed E-state index contributed by atoms with van der Waals surface area (Å²) in [5.74, 6) is -4.41. The van der Waals surface area contributed by atoms with Gasteiger partial charge in [-0.15, -0.1) is 0 Å². The van der Waals surface area contributed by atoms with Crippen LogP contribution in [0.25, 0.3) is 0 Å². The van der Waals surface area contributed by atoms with Gasteiger partial charge in [-0.1, -0.05) is 18.7 Å². The average Bonchev–Trinajstić information content (AvgIpc) is 2.60. The minimum Gasteiger partial charge on any atom is -0.463 e. The Hall–Kier alpha value is -1.74. The van der Waals surface area contributed by atoms with Crippen LogP contribution in [0, 0.1) is 0 Å². The van der Waals surface area contributed by atoms with E-state index in [0.29, 0.717) is 12.0 Å². The van der Waals surface area contributed by atoms with Crippen molar-refractivity contribution < 1.29 is 38.0 Å². The van der Waals surface area contributed by atoms with Gasteiger partial charge in [0.15, 0.2) is 12.2 Å². The maximum Gasteiger partial charge on any atom is 0.339 e. The number of hydrogen-bond donors (Lipinski definition) is 0. The SMILES string of the molecule is C=C1/C=C/CCOC(=O)C2OC(C)(OC)C(C)(OC)OC2C(=O)OC1. The Balaban J connectivity index is 2.34. The predicted molar refractivity (Wildman–Crippen MR) is 85.4 cm³/mol. The van der Waals surface area contributed by atoms with Crippen LogP contribution in [0.1, 0.15) is 20.3 Å². The molecule has 4 unspecified atom stereocenters. The average molecular weight is 356 g/mol. The number of carbonyl (C=O) groups excluding carboxylic acids is 2. The van der Waals surface area contributed by atoms with E-state index in [1.54, 1.807) is 26.0 Å². The van der Waals surface area contributed by atoms with Crippen LogP contribution >= 0.6 is 0 Å². The van der Waals surface area contributed by atoms with E-state index in [2.05, 4.69) is 6.58 Å². The Morgan fingerprint density at radius 1 is 1.04 bits per heavy atom. The fourth-order valence-electron chi connectivity index (χ4n) is 2.49. The topological polar surface area (TPSA) is 89.5 Å². The first-order chi connectivity index (χ1) is 11.8. The zero-order valence-corrected chi connectivity index (χ0v) is 14.9. The summed E-state index contributed by atoms with van der Waals surface area (Å²) < 4.78 is 32.6. The monoisotopic (exact) mass is 356 g/mol. The highest BCUT2D eigenvalue weighted by molar-refractivity contribution is 5.86. The maximum atomic E-state index is 12.5. The van der Waals surface area contributed by atoms with Gasteiger partial charge in [-0.2, -0.15) is 0 Å². The highest BCUT2D eigenvalue weighted by Crippen LogP contribution is 2.39. The first-order valence-electron chi connectivity index (χ1n) is 7.90. The van der Waals surface area contributed by atoms with Crippen LogP contribution in [0.15, 0.2) is 24.3 Å². The van der Waals surface area contributed by atoms with Crippen molar-refractivity contribution in [1.29, 1.82) is 0 Å². The van der Waals surface area contributed by atoms with Crippen molar-refractivity contribution in [2.45, 2.75) is 44.1 Å². The van der Waals surface area contributed by atoms with Crippen LogP contribution in [0.4, 0.5) is 0 Å². The molecule has 0 bridgehead atoms. The second-order valence-corrected chi connectivity index (χ2v) is 6.00. The quantitative estimate of drug-likeness (QED) is 0.680. The first-order valence-corrected chi connectivity index (χ1v) is 7.90. The Labute approximate surface area is 146 Å². The molecule has 1 saturated heterocycles. The molecule has 0 aromatic rings. The number of fused-ring (bicyclic) bond motifs is 1. The maximum absolute atomic E-state index is 12.5. The molecule has 8 heteroatoms. The molecule has 2 heterocycles. The van der Waals surface area contributed by atoms with Crippen molar-refractivity contribution in [3.8, 4) is 0 Å². The molecule has 2 rings (SSSR count). The highest BCUT2D eigenvalue weighted by Gasteiger charge is 2.60. The summed E-state index contributed by atoms with van der Waals surface area (Å²) in [7, 11) is 2.77. The van der Waals surface area contributed by atoms with Crippen LogP contribution in [-0.4, -0.2) is 63.2 Å². The van der Waals surface area contributed by atoms with Crippen molar-refractivity contribution >= 4 is 11.9 Å². The van der Waals surface area contributed by atoms with Crippen LogP contribution < -0.4 is 0 Å². The van der Waals surface area contributed by atoms with E-state index < -0.39 is 35.7 Å². The van der Waals surface area contributed by atoms with Crippen molar-refractivity contribution in [2.24, 2.45) is 0 Å². The third-order valence-corrected chi connectivity index (χ3v) is 4.33. The van der Waals surface area contributed by atoms with Crippen molar-refractivity contribution in [3.63, 3.8) is 0 Å². The van der Waals surface area contributed by atoms with Crippen LogP contribution in [0.5, 0.6) is 0 Å². The fraction of sp³-hybridized carbons (Fsp3) is 0.647. The van der Waals surface area contributed by atoms with Gasteiger partial charge < -0.3 is 28.4 Å². The van der Waals surface area contributed by atoms with Gasteiger partial charge in [0, 0.05) is 14.2 Å². The standard InChI is InChI=1S/C17H24O8/c1-11-8-6-7-9-22-14(18)12-13(15(19)23-10-11)25-17(3,21-5)16(2,20-4)24-12/h6,8,12-13H,1,7,9-10H2,2-5H3/b8-6+. The molecule has 0 saturated carbocycles. The molecule has 0 amide bonds. The van der Waals surface area contributed by atoms with Gasteiger partial charge in [0.25, 0.3) is 0 Å². The second kappa shape index (κ2) is 7.65. The number of hydrogen-bond acceptors (Lipinski definition) is 8. The first kappa shape index (κ1) is 19.6. The zero-order valence-electron chi connectivity index (χ0n) is 14.9. The van der Waals surface area contributed by atoms with Crippen LogP contribution in [0.3, 0.4) is 0 Å². The lowest BCUT2D eigenvalue weighted by Crippen LogP contribution is -2.68. The molecule has 0 spiro atoms. The Bertz CT molecular complexity index is 571. The molecule has 0 aliphatic carbocycles. The smallest absolute Gasteiger partial charge is 0.339 e. The van der Waals surface area contributed by atoms with Crippen LogP contribution in [0.2, 0.25) is 0 Å². The minimum atomic E-state index is -1.45. The number of carbonyl (C=O) groups is 2. The van der Waals surface area contributed by atoms with E-state index in [4.69, 9.17) is 28.4 Å². The van der Waals surface area contributed by atoms with Crippen molar-refractivity contribution in [1.82, 2.24) is 0 Å². The van der Waals surface area contributed by atoms with E-state index in [-0.39, 0.29) is 13.2 Å². The van der Waals surface area contributed by atoms with Gasteiger partial charge in [0.1, 0.15) is 6.61 Å². The van der Waals surface area contributed by atoms with E-state index in [1.165, 1.54) is 14.2 Å². The molecule has 0 aromatic carbocycles. The lowest BCUT2D eigenvalue weighted by Gasteiger charge is -2.50. The molecule has 25 heavy (non-hydrogen) atoms. The number of rotatable bonds is 2. The van der Waals surface area contributed by atoms with Gasteiger partial charge in [-0.3, -0.25) is 0 Å². The molecule has 0 radical (unpaired) electrons. The van der Waals surface area contributed by atoms with E-state index in [0.717, 1.165) is 0 Å². The second-order valence-electron chi connectivity index (χ2n) is 6.00. The molecule has 2 aliphatic heterocycles. The molecular formula is C17H24O8. The van der Waals surface area contributed by atoms with Gasteiger partial charge >= 0.3 is 11.9 Å². The summed E-state index contributed by atoms with van der Waals surface area (Å²) in [5, 5.41) is 0. The summed E-state index contributed by atoms with van der Waals surface area (Å²) in [4.78, 5) is 24.9. The highest BCUT2D eigenvalue weighted by atomic mass is 16.8. The van der Waals surface area contributed by atoms with E-state index >= 15 is 0 Å². The Morgan fingerprint density at radius 2 is 1.56 bits per heavy atom. The fourth-order valence-corrected chi connectivity index (χ4v) is 2.49. The third-order valence-electron chi connectivity index (χ3n) is 4.33. The van der Waals surface area contributed by atoms with E-state index in [1.807, 2.05) is 0 Å². The summed E-state index contributed by atoms with van der Waals surface area (Å²) in [5.41, 5.74) is 0.602. The molecule has 0 aromatic heterocycles. The molecule has 140 valence electrons. The summed E-state index contributed by atoms with van der Waals surface area (Å²) >= 11 is 0. The van der Waals surface area contributed by atoms with Gasteiger partial charge in [0.05, 0.1) is 6.61 Å². The molecule has 1 fully saturated rings. The number of ether oxygens (including phenoxy) is 6. The van der Waals surface area contributed by atoms with Crippen molar-refractivity contribution in [2.75, 3.05) is 27.4 Å². The normalized spacial score (nSPS) is 38.6. The largest absolute Gasteiger partial charge is 0.463 e. The number of methoxy groups -OCH3 is 2. The lowest BCUT2D eigenvalue weighted by atomic mass is 10.0. The Morgan fingerprint density at radius 3 is 2.08 bits per heavy atom. The number of esters is 2. The summed E-state index contributed by atoms with van der Waals surface area (Å²) in [6, 6.07) is 0. The summed E-state index contributed by atoms with van der Waals surface area (Å²) in [6.07, 6.45) is 1.27. The van der Waals surface area contributed by atoms with Gasteiger partial charge in [-0.05, 0) is 25.8 Å². The molecular weight excluding hydrogens is 332 g/mol. The summed E-state index contributed by atoms with van der Waals surface area (Å²) in [6.45, 7) is 6.99. The molecule has 8 nitrogen and oxygen atoms in total. The van der Waals surface area contributed by atoms with Gasteiger partial charge in [0.2, 0.25) is 11.6 Å². The lowest BCUT2D eigenvalue weighted by molar-refractivity contribution is -0.439. The Kier molecular flexibility index (Phi) is 5.99.